The average molecular weight is 395 g/mol. The molecule has 0 radical (unpaired) electrons. The molecular formula is C20H24F3N3O2. The van der Waals surface area contributed by atoms with Gasteiger partial charge in [-0.2, -0.15) is 13.2 Å². The van der Waals surface area contributed by atoms with Gasteiger partial charge in [-0.15, -0.1) is 0 Å². The quantitative estimate of drug-likeness (QED) is 0.732. The zero-order valence-corrected chi connectivity index (χ0v) is 16.4. The molecule has 0 unspecified atom stereocenters. The van der Waals surface area contributed by atoms with Gasteiger partial charge in [0.2, 0.25) is 0 Å². The number of hydrogen-bond acceptors (Lipinski definition) is 3. The van der Waals surface area contributed by atoms with E-state index in [0.717, 1.165) is 10.1 Å². The number of nitrogens with one attached hydrogen (secondary N) is 1. The maximum atomic E-state index is 12.7. The van der Waals surface area contributed by atoms with Crippen molar-refractivity contribution in [1.29, 1.82) is 0 Å². The van der Waals surface area contributed by atoms with Crippen molar-refractivity contribution in [1.82, 2.24) is 14.8 Å². The second-order valence-corrected chi connectivity index (χ2v) is 6.86. The van der Waals surface area contributed by atoms with Gasteiger partial charge in [-0.3, -0.25) is 14.5 Å². The standard InChI is InChI=1S/C20H24F3N3O2/c1-13-9-17(14(2)26(13)12-20(21,22)23)18(27)11-25(4)10-15-5-7-16(8-6-15)19(28)24-3/h5-9H,10-12H2,1-4H3,(H,24,28). The molecular weight excluding hydrogens is 371 g/mol. The van der Waals surface area contributed by atoms with Gasteiger partial charge in [0.15, 0.2) is 5.78 Å². The predicted octanol–water partition coefficient (Wildman–Crippen LogP) is 3.34. The minimum atomic E-state index is -4.34. The van der Waals surface area contributed by atoms with Crippen molar-refractivity contribution in [2.45, 2.75) is 33.1 Å². The number of hydrogen-bond donors (Lipinski definition) is 1. The van der Waals surface area contributed by atoms with E-state index in [1.165, 1.54) is 13.0 Å². The summed E-state index contributed by atoms with van der Waals surface area (Å²) in [5.41, 5.74) is 2.50. The van der Waals surface area contributed by atoms with Gasteiger partial charge in [0.1, 0.15) is 6.54 Å². The lowest BCUT2D eigenvalue weighted by Gasteiger charge is -2.16. The van der Waals surface area contributed by atoms with Crippen LogP contribution in [0.5, 0.6) is 0 Å². The Labute approximate surface area is 162 Å². The van der Waals surface area contributed by atoms with E-state index in [-0.39, 0.29) is 18.2 Å². The molecule has 28 heavy (non-hydrogen) atoms. The van der Waals surface area contributed by atoms with Crippen molar-refractivity contribution in [3.63, 3.8) is 0 Å². The molecule has 0 aliphatic carbocycles. The van der Waals surface area contributed by atoms with Crippen molar-refractivity contribution in [2.75, 3.05) is 20.6 Å². The molecule has 0 atom stereocenters. The molecule has 0 bridgehead atoms. The molecule has 5 nitrogen and oxygen atoms in total. The third-order valence-electron chi connectivity index (χ3n) is 4.52. The first-order valence-corrected chi connectivity index (χ1v) is 8.78. The summed E-state index contributed by atoms with van der Waals surface area (Å²) in [5.74, 6) is -0.407. The van der Waals surface area contributed by atoms with Crippen LogP contribution < -0.4 is 5.32 Å². The third kappa shape index (κ3) is 5.45. The molecule has 2 rings (SSSR count). The van der Waals surface area contributed by atoms with E-state index in [1.54, 1.807) is 50.2 Å². The van der Waals surface area contributed by atoms with Crippen molar-refractivity contribution in [3.8, 4) is 0 Å². The van der Waals surface area contributed by atoms with E-state index in [1.807, 2.05) is 0 Å². The maximum Gasteiger partial charge on any atom is 0.406 e. The largest absolute Gasteiger partial charge is 0.406 e. The normalized spacial score (nSPS) is 11.7. The monoisotopic (exact) mass is 395 g/mol. The van der Waals surface area contributed by atoms with Gasteiger partial charge in [-0.05, 0) is 44.7 Å². The highest BCUT2D eigenvalue weighted by atomic mass is 19.4. The van der Waals surface area contributed by atoms with Crippen LogP contribution in [0.2, 0.25) is 0 Å². The van der Waals surface area contributed by atoms with Crippen molar-refractivity contribution in [3.05, 3.63) is 58.4 Å². The number of rotatable bonds is 7. The van der Waals surface area contributed by atoms with Gasteiger partial charge >= 0.3 is 6.18 Å². The maximum absolute atomic E-state index is 12.7. The van der Waals surface area contributed by atoms with Crippen molar-refractivity contribution < 1.29 is 22.8 Å². The number of ketones is 1. The highest BCUT2D eigenvalue weighted by Crippen LogP contribution is 2.23. The predicted molar refractivity (Wildman–Crippen MR) is 100 cm³/mol. The number of amides is 1. The summed E-state index contributed by atoms with van der Waals surface area (Å²) in [6.07, 6.45) is -4.34. The van der Waals surface area contributed by atoms with Gasteiger partial charge in [0.05, 0.1) is 6.54 Å². The Morgan fingerprint density at radius 1 is 1.14 bits per heavy atom. The summed E-state index contributed by atoms with van der Waals surface area (Å²) < 4.78 is 39.3. The van der Waals surface area contributed by atoms with Crippen LogP contribution >= 0.6 is 0 Å². The first-order valence-electron chi connectivity index (χ1n) is 8.78. The fraction of sp³-hybridized carbons (Fsp3) is 0.400. The number of aryl methyl sites for hydroxylation is 1. The highest BCUT2D eigenvalue weighted by Gasteiger charge is 2.30. The van der Waals surface area contributed by atoms with Crippen LogP contribution in [0.25, 0.3) is 0 Å². The minimum Gasteiger partial charge on any atom is -0.355 e. The highest BCUT2D eigenvalue weighted by molar-refractivity contribution is 5.99. The number of Topliss-reactive ketones (excluding diaryl/α,β-unsaturated/α-hetero) is 1. The third-order valence-corrected chi connectivity index (χ3v) is 4.52. The summed E-state index contributed by atoms with van der Waals surface area (Å²) in [4.78, 5) is 25.9. The second kappa shape index (κ2) is 8.60. The van der Waals surface area contributed by atoms with E-state index < -0.39 is 12.7 Å². The lowest BCUT2D eigenvalue weighted by atomic mass is 10.1. The summed E-state index contributed by atoms with van der Waals surface area (Å²) in [5, 5.41) is 2.55. The lowest BCUT2D eigenvalue weighted by Crippen LogP contribution is -2.26. The molecule has 1 aromatic carbocycles. The van der Waals surface area contributed by atoms with E-state index in [9.17, 15) is 22.8 Å². The van der Waals surface area contributed by atoms with Gasteiger partial charge in [0, 0.05) is 36.1 Å². The summed E-state index contributed by atoms with van der Waals surface area (Å²) in [6.45, 7) is 2.54. The SMILES string of the molecule is CNC(=O)c1ccc(CN(C)CC(=O)c2cc(C)n(CC(F)(F)F)c2C)cc1. The van der Waals surface area contributed by atoms with Crippen LogP contribution in [0.1, 0.15) is 37.7 Å². The Bertz CT molecular complexity index is 855. The molecule has 0 saturated carbocycles. The smallest absolute Gasteiger partial charge is 0.355 e. The van der Waals surface area contributed by atoms with Crippen LogP contribution in [0, 0.1) is 13.8 Å². The molecule has 0 spiro atoms. The first-order chi connectivity index (χ1) is 13.0. The second-order valence-electron chi connectivity index (χ2n) is 6.86. The number of carbonyl (C=O) groups is 2. The Kier molecular flexibility index (Phi) is 6.66. The molecule has 1 amide bonds. The van der Waals surface area contributed by atoms with E-state index in [2.05, 4.69) is 5.32 Å². The van der Waals surface area contributed by atoms with Crippen LogP contribution in [0.4, 0.5) is 13.2 Å². The lowest BCUT2D eigenvalue weighted by molar-refractivity contribution is -0.141. The van der Waals surface area contributed by atoms with E-state index in [0.29, 0.717) is 29.1 Å². The number of aromatic nitrogens is 1. The van der Waals surface area contributed by atoms with E-state index >= 15 is 0 Å². The number of benzene rings is 1. The Morgan fingerprint density at radius 3 is 2.29 bits per heavy atom. The molecule has 152 valence electrons. The average Bonchev–Trinajstić information content (AvgIpc) is 2.88. The Balaban J connectivity index is 2.04. The number of alkyl halides is 3. The summed E-state index contributed by atoms with van der Waals surface area (Å²) in [6, 6.07) is 8.53. The molecule has 0 aliphatic heterocycles. The summed E-state index contributed by atoms with van der Waals surface area (Å²) in [7, 11) is 3.32. The van der Waals surface area contributed by atoms with Crippen LogP contribution in [0.15, 0.2) is 30.3 Å². The van der Waals surface area contributed by atoms with Crippen LogP contribution in [0.3, 0.4) is 0 Å². The zero-order valence-electron chi connectivity index (χ0n) is 16.4. The number of likely N-dealkylation sites (N-methyl/N-ethyl adjacent to an activating group) is 1. The van der Waals surface area contributed by atoms with Gasteiger partial charge in [-0.1, -0.05) is 12.1 Å². The molecule has 0 aliphatic rings. The topological polar surface area (TPSA) is 54.3 Å². The van der Waals surface area contributed by atoms with Crippen LogP contribution in [-0.2, 0) is 13.1 Å². The first kappa shape index (κ1) is 21.7. The molecule has 1 aromatic heterocycles. The zero-order chi connectivity index (χ0) is 21.1. The molecule has 8 heteroatoms. The molecule has 0 fully saturated rings. The summed E-state index contributed by atoms with van der Waals surface area (Å²) >= 11 is 0. The van der Waals surface area contributed by atoms with E-state index in [4.69, 9.17) is 0 Å². The van der Waals surface area contributed by atoms with Crippen molar-refractivity contribution >= 4 is 11.7 Å². The Hall–Kier alpha value is -2.61. The fourth-order valence-corrected chi connectivity index (χ4v) is 3.11. The van der Waals surface area contributed by atoms with Crippen LogP contribution in [-0.4, -0.2) is 48.0 Å². The number of carbonyl (C=O) groups excluding carboxylic acids is 2. The Morgan fingerprint density at radius 2 is 1.75 bits per heavy atom. The molecule has 1 heterocycles. The molecule has 1 N–H and O–H groups in total. The number of halogens is 3. The van der Waals surface area contributed by atoms with Gasteiger partial charge < -0.3 is 9.88 Å². The van der Waals surface area contributed by atoms with Gasteiger partial charge in [-0.25, -0.2) is 0 Å². The molecule has 2 aromatic rings. The minimum absolute atomic E-state index is 0.0769. The molecule has 0 saturated heterocycles. The fourth-order valence-electron chi connectivity index (χ4n) is 3.11. The van der Waals surface area contributed by atoms with Gasteiger partial charge in [0.25, 0.3) is 5.91 Å². The number of nitrogens with zero attached hydrogens (tertiary/aromatic N) is 2. The van der Waals surface area contributed by atoms with Crippen molar-refractivity contribution in [2.24, 2.45) is 0 Å².